The van der Waals surface area contributed by atoms with Gasteiger partial charge in [0, 0.05) is 0 Å². The summed E-state index contributed by atoms with van der Waals surface area (Å²) in [7, 11) is 0. The number of ether oxygens (including phenoxy) is 1. The van der Waals surface area contributed by atoms with Gasteiger partial charge in [-0.25, -0.2) is 0 Å². The summed E-state index contributed by atoms with van der Waals surface area (Å²) in [6, 6.07) is 28.8. The van der Waals surface area contributed by atoms with E-state index in [9.17, 15) is 5.11 Å². The smallest absolute Gasteiger partial charge is 0.172 e. The molecule has 1 N–H and O–H groups in total. The van der Waals surface area contributed by atoms with Gasteiger partial charge in [0.25, 0.3) is 0 Å². The van der Waals surface area contributed by atoms with Gasteiger partial charge in [-0.3, -0.25) is 0 Å². The van der Waals surface area contributed by atoms with Gasteiger partial charge in [-0.15, -0.1) is 0 Å². The molecule has 0 aliphatic carbocycles. The van der Waals surface area contributed by atoms with Crippen molar-refractivity contribution >= 4 is 21.5 Å². The minimum absolute atomic E-state index is 0.629. The molecule has 0 amide bonds. The van der Waals surface area contributed by atoms with E-state index >= 15 is 0 Å². The number of fused-ring (bicyclic) bond motifs is 2. The molecular weight excluding hydrogens is 344 g/mol. The molecule has 28 heavy (non-hydrogen) atoms. The van der Waals surface area contributed by atoms with Crippen LogP contribution < -0.4 is 0 Å². The Hall–Kier alpha value is -3.10. The quantitative estimate of drug-likeness (QED) is 0.487. The highest BCUT2D eigenvalue weighted by atomic mass is 16.5. The van der Waals surface area contributed by atoms with E-state index < -0.39 is 5.60 Å². The summed E-state index contributed by atoms with van der Waals surface area (Å²) in [4.78, 5) is 0. The molecule has 4 aromatic rings. The molecule has 5 rings (SSSR count). The summed E-state index contributed by atoms with van der Waals surface area (Å²) in [5.41, 5.74) is 0.346. The Morgan fingerprint density at radius 2 is 1.21 bits per heavy atom. The molecule has 1 aliphatic rings. The SMILES string of the molecule is OC(C1=CCCCO1)(c1ccc2ccccc2c1)c1ccc2ccccc2c1. The first-order chi connectivity index (χ1) is 13.7. The van der Waals surface area contributed by atoms with Gasteiger partial charge in [-0.05, 0) is 63.7 Å². The fourth-order valence-corrected chi connectivity index (χ4v) is 4.09. The Morgan fingerprint density at radius 1 is 0.679 bits per heavy atom. The second-order valence-corrected chi connectivity index (χ2v) is 7.39. The number of benzene rings is 4. The van der Waals surface area contributed by atoms with Crippen molar-refractivity contribution < 1.29 is 9.84 Å². The highest BCUT2D eigenvalue weighted by Gasteiger charge is 2.38. The second kappa shape index (κ2) is 6.81. The van der Waals surface area contributed by atoms with Crippen LogP contribution in [0.1, 0.15) is 24.0 Å². The van der Waals surface area contributed by atoms with E-state index in [0.717, 1.165) is 45.5 Å². The van der Waals surface area contributed by atoms with Crippen molar-refractivity contribution in [1.82, 2.24) is 0 Å². The van der Waals surface area contributed by atoms with Crippen molar-refractivity contribution in [3.05, 3.63) is 108 Å². The van der Waals surface area contributed by atoms with E-state index in [1.807, 2.05) is 42.5 Å². The summed E-state index contributed by atoms with van der Waals surface area (Å²) in [5, 5.41) is 16.6. The summed E-state index contributed by atoms with van der Waals surface area (Å²) in [6.45, 7) is 0.634. The summed E-state index contributed by atoms with van der Waals surface area (Å²) < 4.78 is 5.99. The third-order valence-corrected chi connectivity index (χ3v) is 5.63. The first-order valence-corrected chi connectivity index (χ1v) is 9.79. The van der Waals surface area contributed by atoms with Crippen molar-refractivity contribution in [1.29, 1.82) is 0 Å². The first kappa shape index (κ1) is 17.0. The molecule has 2 heteroatoms. The van der Waals surface area contributed by atoms with Crippen LogP contribution >= 0.6 is 0 Å². The number of rotatable bonds is 3. The van der Waals surface area contributed by atoms with E-state index in [1.54, 1.807) is 0 Å². The molecule has 0 saturated heterocycles. The first-order valence-electron chi connectivity index (χ1n) is 9.79. The van der Waals surface area contributed by atoms with Gasteiger partial charge in [0.15, 0.2) is 5.60 Å². The Kier molecular flexibility index (Phi) is 4.14. The van der Waals surface area contributed by atoms with Gasteiger partial charge >= 0.3 is 0 Å². The van der Waals surface area contributed by atoms with E-state index in [-0.39, 0.29) is 0 Å². The van der Waals surface area contributed by atoms with Crippen molar-refractivity contribution in [3.8, 4) is 0 Å². The van der Waals surface area contributed by atoms with E-state index in [4.69, 9.17) is 4.74 Å². The number of hydrogen-bond donors (Lipinski definition) is 1. The molecule has 0 unspecified atom stereocenters. The lowest BCUT2D eigenvalue weighted by molar-refractivity contribution is 0.0317. The van der Waals surface area contributed by atoms with Crippen LogP contribution in [0.3, 0.4) is 0 Å². The van der Waals surface area contributed by atoms with Crippen LogP contribution in [-0.4, -0.2) is 11.7 Å². The third-order valence-electron chi connectivity index (χ3n) is 5.63. The zero-order valence-corrected chi connectivity index (χ0v) is 15.6. The van der Waals surface area contributed by atoms with Crippen molar-refractivity contribution in [3.63, 3.8) is 0 Å². The van der Waals surface area contributed by atoms with Gasteiger partial charge in [0.05, 0.1) is 6.61 Å². The minimum atomic E-state index is -1.31. The van der Waals surface area contributed by atoms with Crippen LogP contribution in [0.2, 0.25) is 0 Å². The van der Waals surface area contributed by atoms with Gasteiger partial charge in [-0.1, -0.05) is 72.8 Å². The predicted octanol–water partition coefficient (Wildman–Crippen LogP) is 5.92. The largest absolute Gasteiger partial charge is 0.494 e. The number of hydrogen-bond acceptors (Lipinski definition) is 2. The molecule has 1 aliphatic heterocycles. The van der Waals surface area contributed by atoms with Crippen LogP contribution in [0.25, 0.3) is 21.5 Å². The van der Waals surface area contributed by atoms with Crippen molar-refractivity contribution in [2.45, 2.75) is 18.4 Å². The highest BCUT2D eigenvalue weighted by Crippen LogP contribution is 2.40. The fraction of sp³-hybridized carbons (Fsp3) is 0.154. The second-order valence-electron chi connectivity index (χ2n) is 7.39. The standard InChI is InChI=1S/C26H22O2/c27-26(25-11-5-6-16-28-25,23-14-12-19-7-1-3-9-21(19)17-23)24-15-13-20-8-2-4-10-22(20)18-24/h1-4,7-15,17-18,27H,5-6,16H2. The van der Waals surface area contributed by atoms with Gasteiger partial charge in [-0.2, -0.15) is 0 Å². The summed E-state index contributed by atoms with van der Waals surface area (Å²) in [6.07, 6.45) is 3.93. The maximum absolute atomic E-state index is 12.1. The zero-order valence-electron chi connectivity index (χ0n) is 15.6. The van der Waals surface area contributed by atoms with Crippen LogP contribution in [0, 0.1) is 0 Å². The molecule has 2 nitrogen and oxygen atoms in total. The average molecular weight is 366 g/mol. The van der Waals surface area contributed by atoms with Gasteiger partial charge < -0.3 is 9.84 Å². The molecule has 0 saturated carbocycles. The maximum atomic E-state index is 12.1. The lowest BCUT2D eigenvalue weighted by Crippen LogP contribution is -2.32. The molecule has 0 radical (unpaired) electrons. The van der Waals surface area contributed by atoms with Crippen LogP contribution in [0.15, 0.2) is 96.8 Å². The van der Waals surface area contributed by atoms with Crippen molar-refractivity contribution in [2.75, 3.05) is 6.61 Å². The monoisotopic (exact) mass is 366 g/mol. The summed E-state index contributed by atoms with van der Waals surface area (Å²) in [5.74, 6) is 0.629. The predicted molar refractivity (Wildman–Crippen MR) is 114 cm³/mol. The van der Waals surface area contributed by atoms with Crippen LogP contribution in [0.5, 0.6) is 0 Å². The molecular formula is C26H22O2. The molecule has 0 atom stereocenters. The van der Waals surface area contributed by atoms with Gasteiger partial charge in [0.1, 0.15) is 5.76 Å². The fourth-order valence-electron chi connectivity index (χ4n) is 4.09. The maximum Gasteiger partial charge on any atom is 0.172 e. The van der Waals surface area contributed by atoms with Crippen molar-refractivity contribution in [2.24, 2.45) is 0 Å². The lowest BCUT2D eigenvalue weighted by Gasteiger charge is -2.33. The Bertz CT molecular complexity index is 1110. The topological polar surface area (TPSA) is 29.5 Å². The lowest BCUT2D eigenvalue weighted by atomic mass is 9.82. The number of allylic oxidation sites excluding steroid dienone is 1. The van der Waals surface area contributed by atoms with Crippen LogP contribution in [0.4, 0.5) is 0 Å². The molecule has 0 spiro atoms. The Balaban J connectivity index is 1.75. The van der Waals surface area contributed by atoms with Crippen LogP contribution in [-0.2, 0) is 10.3 Å². The molecule has 1 heterocycles. The van der Waals surface area contributed by atoms with E-state index in [0.29, 0.717) is 12.4 Å². The van der Waals surface area contributed by atoms with E-state index in [1.165, 1.54) is 0 Å². The Morgan fingerprint density at radius 3 is 1.71 bits per heavy atom. The Labute approximate surface area is 164 Å². The summed E-state index contributed by atoms with van der Waals surface area (Å²) >= 11 is 0. The van der Waals surface area contributed by atoms with E-state index in [2.05, 4.69) is 48.5 Å². The molecule has 0 aromatic heterocycles. The minimum Gasteiger partial charge on any atom is -0.494 e. The number of aliphatic hydroxyl groups is 1. The highest BCUT2D eigenvalue weighted by molar-refractivity contribution is 5.85. The van der Waals surface area contributed by atoms with Gasteiger partial charge in [0.2, 0.25) is 0 Å². The molecule has 138 valence electrons. The molecule has 0 fully saturated rings. The third kappa shape index (κ3) is 2.78. The molecule has 0 bridgehead atoms. The normalized spacial score (nSPS) is 14.7. The average Bonchev–Trinajstić information content (AvgIpc) is 2.78. The molecule has 4 aromatic carbocycles. The zero-order chi connectivity index (χ0) is 19.0.